The average Bonchev–Trinajstić information content (AvgIpc) is 3.31. The zero-order valence-corrected chi connectivity index (χ0v) is 19.5. The summed E-state index contributed by atoms with van der Waals surface area (Å²) < 4.78 is 11.9. The van der Waals surface area contributed by atoms with Gasteiger partial charge in [-0.3, -0.25) is 0 Å². The first-order chi connectivity index (χ1) is 15.2. The molecule has 1 N–H and O–H groups in total. The van der Waals surface area contributed by atoms with Gasteiger partial charge in [-0.15, -0.1) is 0 Å². The van der Waals surface area contributed by atoms with E-state index in [9.17, 15) is 0 Å². The zero-order valence-electron chi connectivity index (χ0n) is 19.5. The molecular weight excluding hydrogens is 388 g/mol. The van der Waals surface area contributed by atoms with Gasteiger partial charge in [0, 0.05) is 25.0 Å². The largest absolute Gasteiger partial charge is 0.493 e. The number of nitrogens with zero attached hydrogens (tertiary/aromatic N) is 3. The van der Waals surface area contributed by atoms with Crippen molar-refractivity contribution < 1.29 is 9.47 Å². The fraction of sp³-hybridized carbons (Fsp3) is 0.640. The van der Waals surface area contributed by atoms with Crippen molar-refractivity contribution in [3.05, 3.63) is 23.8 Å². The number of benzene rings is 1. The summed E-state index contributed by atoms with van der Waals surface area (Å²) >= 11 is 0. The van der Waals surface area contributed by atoms with Crippen molar-refractivity contribution in [1.29, 1.82) is 0 Å². The highest BCUT2D eigenvalue weighted by Crippen LogP contribution is 2.35. The van der Waals surface area contributed by atoms with Crippen LogP contribution in [0, 0.1) is 5.92 Å². The molecule has 0 spiro atoms. The van der Waals surface area contributed by atoms with E-state index in [1.807, 2.05) is 7.05 Å². The van der Waals surface area contributed by atoms with Crippen molar-refractivity contribution in [3.63, 3.8) is 0 Å². The average molecular weight is 427 g/mol. The van der Waals surface area contributed by atoms with Crippen molar-refractivity contribution in [2.75, 3.05) is 65.9 Å². The number of pyridine rings is 1. The molecule has 2 aromatic rings. The number of fused-ring (bicyclic) bond motifs is 1. The Morgan fingerprint density at radius 1 is 1.06 bits per heavy atom. The van der Waals surface area contributed by atoms with Gasteiger partial charge in [-0.2, -0.15) is 0 Å². The van der Waals surface area contributed by atoms with Crippen LogP contribution in [0.5, 0.6) is 11.5 Å². The molecule has 6 nitrogen and oxygen atoms in total. The van der Waals surface area contributed by atoms with Crippen LogP contribution >= 0.6 is 0 Å². The molecule has 0 amide bonds. The molecule has 1 aromatic carbocycles. The van der Waals surface area contributed by atoms with Crippen LogP contribution in [0.1, 0.15) is 37.7 Å². The van der Waals surface area contributed by atoms with Crippen molar-refractivity contribution in [3.8, 4) is 11.5 Å². The van der Waals surface area contributed by atoms with E-state index in [0.717, 1.165) is 48.1 Å². The zero-order chi connectivity index (χ0) is 21.6. The molecular formula is C25H38N4O2. The molecule has 2 aliphatic heterocycles. The maximum atomic E-state index is 6.15. The van der Waals surface area contributed by atoms with Gasteiger partial charge in [-0.1, -0.05) is 0 Å². The predicted octanol–water partition coefficient (Wildman–Crippen LogP) is 4.03. The smallest absolute Gasteiger partial charge is 0.163 e. The van der Waals surface area contributed by atoms with Gasteiger partial charge in [-0.05, 0) is 95.4 Å². The molecule has 0 radical (unpaired) electrons. The second-order valence-electron chi connectivity index (χ2n) is 9.14. The number of likely N-dealkylation sites (tertiary alicyclic amines) is 2. The summed E-state index contributed by atoms with van der Waals surface area (Å²) in [6.45, 7) is 6.65. The lowest BCUT2D eigenvalue weighted by molar-refractivity contribution is 0.219. The quantitative estimate of drug-likeness (QED) is 0.611. The Kier molecular flexibility index (Phi) is 7.51. The van der Waals surface area contributed by atoms with Gasteiger partial charge in [-0.25, -0.2) is 4.98 Å². The highest BCUT2D eigenvalue weighted by molar-refractivity contribution is 5.87. The van der Waals surface area contributed by atoms with Crippen LogP contribution in [-0.4, -0.2) is 75.3 Å². The topological polar surface area (TPSA) is 49.9 Å². The van der Waals surface area contributed by atoms with Crippen LogP contribution in [0.25, 0.3) is 10.9 Å². The summed E-state index contributed by atoms with van der Waals surface area (Å²) in [4.78, 5) is 9.78. The summed E-state index contributed by atoms with van der Waals surface area (Å²) in [7, 11) is 5.88. The number of hydrogen-bond donors (Lipinski definition) is 1. The highest BCUT2D eigenvalue weighted by Gasteiger charge is 2.20. The minimum absolute atomic E-state index is 0.701. The Balaban J connectivity index is 1.51. The molecule has 0 atom stereocenters. The SMILES string of the molecule is CNc1cc(CC2CCN(C)CC2)c2cc(OC)c(OCCCN3CCCC3)cc2n1. The van der Waals surface area contributed by atoms with E-state index < -0.39 is 0 Å². The molecule has 2 fully saturated rings. The van der Waals surface area contributed by atoms with Gasteiger partial charge in [0.25, 0.3) is 0 Å². The lowest BCUT2D eigenvalue weighted by Gasteiger charge is -2.29. The van der Waals surface area contributed by atoms with E-state index in [2.05, 4.69) is 40.4 Å². The van der Waals surface area contributed by atoms with E-state index in [1.165, 1.54) is 62.8 Å². The fourth-order valence-corrected chi connectivity index (χ4v) is 4.93. The Morgan fingerprint density at radius 2 is 1.84 bits per heavy atom. The third-order valence-electron chi connectivity index (χ3n) is 6.86. The Labute approximate surface area is 186 Å². The van der Waals surface area contributed by atoms with E-state index in [0.29, 0.717) is 6.61 Å². The fourth-order valence-electron chi connectivity index (χ4n) is 4.93. The number of nitrogens with one attached hydrogen (secondary N) is 1. The number of piperidine rings is 1. The summed E-state index contributed by atoms with van der Waals surface area (Å²) in [6, 6.07) is 6.39. The molecule has 0 aliphatic carbocycles. The van der Waals surface area contributed by atoms with Crippen LogP contribution in [0.2, 0.25) is 0 Å². The standard InChI is InChI=1S/C25H38N4O2/c1-26-25-16-20(15-19-7-12-28(2)13-8-19)21-17-23(30-3)24(18-22(21)27-25)31-14-6-11-29-9-4-5-10-29/h16-19H,4-15H2,1-3H3,(H,26,27). The summed E-state index contributed by atoms with van der Waals surface area (Å²) in [5, 5.41) is 4.42. The van der Waals surface area contributed by atoms with Crippen molar-refractivity contribution in [2.24, 2.45) is 5.92 Å². The molecule has 31 heavy (non-hydrogen) atoms. The van der Waals surface area contributed by atoms with Crippen molar-refractivity contribution in [2.45, 2.75) is 38.5 Å². The summed E-state index contributed by atoms with van der Waals surface area (Å²) in [5.41, 5.74) is 2.33. The monoisotopic (exact) mass is 426 g/mol. The first kappa shape index (κ1) is 22.2. The Morgan fingerprint density at radius 3 is 2.55 bits per heavy atom. The first-order valence-corrected chi connectivity index (χ1v) is 11.9. The molecule has 4 rings (SSSR count). The van der Waals surface area contributed by atoms with Crippen molar-refractivity contribution >= 4 is 16.7 Å². The van der Waals surface area contributed by atoms with E-state index in [4.69, 9.17) is 14.5 Å². The molecule has 0 saturated carbocycles. The number of methoxy groups -OCH3 is 1. The summed E-state index contributed by atoms with van der Waals surface area (Å²) in [6.07, 6.45) is 7.29. The van der Waals surface area contributed by atoms with Gasteiger partial charge in [0.15, 0.2) is 11.5 Å². The minimum atomic E-state index is 0.701. The summed E-state index contributed by atoms with van der Waals surface area (Å²) in [5.74, 6) is 3.24. The first-order valence-electron chi connectivity index (χ1n) is 11.9. The Bertz CT molecular complexity index is 858. The highest BCUT2D eigenvalue weighted by atomic mass is 16.5. The number of anilines is 1. The maximum Gasteiger partial charge on any atom is 0.163 e. The predicted molar refractivity (Wildman–Crippen MR) is 128 cm³/mol. The molecule has 0 unspecified atom stereocenters. The molecule has 1 aromatic heterocycles. The number of rotatable bonds is 9. The minimum Gasteiger partial charge on any atom is -0.493 e. The normalized spacial score (nSPS) is 18.5. The molecule has 2 saturated heterocycles. The van der Waals surface area contributed by atoms with E-state index >= 15 is 0 Å². The Hall–Kier alpha value is -2.05. The van der Waals surface area contributed by atoms with Crippen LogP contribution < -0.4 is 14.8 Å². The van der Waals surface area contributed by atoms with E-state index in [-0.39, 0.29) is 0 Å². The number of hydrogen-bond acceptors (Lipinski definition) is 6. The van der Waals surface area contributed by atoms with Crippen LogP contribution in [0.3, 0.4) is 0 Å². The lowest BCUT2D eigenvalue weighted by Crippen LogP contribution is -2.31. The van der Waals surface area contributed by atoms with Gasteiger partial charge < -0.3 is 24.6 Å². The molecule has 170 valence electrons. The number of aromatic nitrogens is 1. The molecule has 3 heterocycles. The second-order valence-corrected chi connectivity index (χ2v) is 9.14. The lowest BCUT2D eigenvalue weighted by atomic mass is 9.89. The third kappa shape index (κ3) is 5.60. The van der Waals surface area contributed by atoms with Crippen molar-refractivity contribution in [1.82, 2.24) is 14.8 Å². The number of ether oxygens (including phenoxy) is 2. The second kappa shape index (κ2) is 10.5. The van der Waals surface area contributed by atoms with Crippen LogP contribution in [0.15, 0.2) is 18.2 Å². The molecule has 2 aliphatic rings. The maximum absolute atomic E-state index is 6.15. The van der Waals surface area contributed by atoms with E-state index in [1.54, 1.807) is 7.11 Å². The molecule has 0 bridgehead atoms. The van der Waals surface area contributed by atoms with Gasteiger partial charge in [0.05, 0.1) is 19.2 Å². The van der Waals surface area contributed by atoms with Crippen LogP contribution in [0.4, 0.5) is 5.82 Å². The van der Waals surface area contributed by atoms with Gasteiger partial charge in [0.1, 0.15) is 5.82 Å². The van der Waals surface area contributed by atoms with Gasteiger partial charge >= 0.3 is 0 Å². The van der Waals surface area contributed by atoms with Gasteiger partial charge in [0.2, 0.25) is 0 Å². The van der Waals surface area contributed by atoms with Crippen LogP contribution in [-0.2, 0) is 6.42 Å². The molecule has 6 heteroatoms. The third-order valence-corrected chi connectivity index (χ3v) is 6.86.